The van der Waals surface area contributed by atoms with E-state index in [2.05, 4.69) is 106 Å². The highest BCUT2D eigenvalue weighted by Gasteiger charge is 2.33. The lowest BCUT2D eigenvalue weighted by Crippen LogP contribution is -2.31. The third-order valence-electron chi connectivity index (χ3n) is 7.72. The zero-order valence-corrected chi connectivity index (χ0v) is 21.8. The summed E-state index contributed by atoms with van der Waals surface area (Å²) in [7, 11) is 0. The van der Waals surface area contributed by atoms with Gasteiger partial charge in [0.2, 0.25) is 0 Å². The largest absolute Gasteiger partial charge is 0.372 e. The van der Waals surface area contributed by atoms with E-state index in [0.717, 1.165) is 13.1 Å². The van der Waals surface area contributed by atoms with Gasteiger partial charge in [-0.1, -0.05) is 72.8 Å². The summed E-state index contributed by atoms with van der Waals surface area (Å²) in [4.78, 5) is 0. The molecule has 1 fully saturated rings. The first-order valence-corrected chi connectivity index (χ1v) is 13.4. The molecule has 0 saturated carbocycles. The first-order chi connectivity index (χ1) is 18.6. The second-order valence-corrected chi connectivity index (χ2v) is 10.7. The Labute approximate surface area is 222 Å². The summed E-state index contributed by atoms with van der Waals surface area (Å²) in [6, 6.07) is 34.6. The van der Waals surface area contributed by atoms with E-state index < -0.39 is 5.79 Å². The molecular weight excluding hydrogens is 472 g/mol. The van der Waals surface area contributed by atoms with Gasteiger partial charge in [-0.3, -0.25) is 0 Å². The fourth-order valence-electron chi connectivity index (χ4n) is 6.06. The number of rotatable bonds is 7. The SMILES string of the molecule is CC1(C)OCC(COC(Cn2c3ccccc3c3ccccc32)Cn2c3ccccc3c3ccccc32)O1. The number of benzene rings is 4. The molecule has 0 bridgehead atoms. The van der Waals surface area contributed by atoms with Crippen LogP contribution < -0.4 is 0 Å². The predicted molar refractivity (Wildman–Crippen MR) is 154 cm³/mol. The average molecular weight is 505 g/mol. The van der Waals surface area contributed by atoms with E-state index in [0.29, 0.717) is 13.2 Å². The van der Waals surface area contributed by atoms with Gasteiger partial charge in [-0.25, -0.2) is 0 Å². The Bertz CT molecular complexity index is 1540. The molecule has 1 unspecified atom stereocenters. The highest BCUT2D eigenvalue weighted by Crippen LogP contribution is 2.32. The maximum absolute atomic E-state index is 6.72. The van der Waals surface area contributed by atoms with Crippen LogP contribution >= 0.6 is 0 Å². The smallest absolute Gasteiger partial charge is 0.163 e. The number of ether oxygens (including phenoxy) is 3. The Balaban J connectivity index is 1.30. The quantitative estimate of drug-likeness (QED) is 0.232. The minimum atomic E-state index is -0.566. The molecule has 1 aliphatic heterocycles. The predicted octanol–water partition coefficient (Wildman–Crippen LogP) is 7.14. The van der Waals surface area contributed by atoms with Crippen LogP contribution in [0.5, 0.6) is 0 Å². The fourth-order valence-corrected chi connectivity index (χ4v) is 6.06. The Morgan fingerprint density at radius 2 is 1.08 bits per heavy atom. The van der Waals surface area contributed by atoms with Gasteiger partial charge in [0, 0.05) is 43.6 Å². The van der Waals surface area contributed by atoms with Gasteiger partial charge in [-0.15, -0.1) is 0 Å². The summed E-state index contributed by atoms with van der Waals surface area (Å²) in [6.07, 6.45) is -0.162. The Morgan fingerprint density at radius 1 is 0.684 bits per heavy atom. The molecule has 0 amide bonds. The number of nitrogens with zero attached hydrogens (tertiary/aromatic N) is 2. The minimum Gasteiger partial charge on any atom is -0.372 e. The molecule has 5 heteroatoms. The van der Waals surface area contributed by atoms with Crippen molar-refractivity contribution in [2.45, 2.75) is 44.9 Å². The van der Waals surface area contributed by atoms with Crippen molar-refractivity contribution in [2.24, 2.45) is 0 Å². The molecule has 6 aromatic rings. The van der Waals surface area contributed by atoms with Crippen molar-refractivity contribution < 1.29 is 14.2 Å². The first-order valence-electron chi connectivity index (χ1n) is 13.4. The number of hydrogen-bond acceptors (Lipinski definition) is 3. The van der Waals surface area contributed by atoms with Crippen LogP contribution in [0.2, 0.25) is 0 Å². The van der Waals surface area contributed by atoms with E-state index in [-0.39, 0.29) is 12.2 Å². The summed E-state index contributed by atoms with van der Waals surface area (Å²) in [6.45, 7) is 6.41. The van der Waals surface area contributed by atoms with Gasteiger partial charge in [-0.05, 0) is 38.1 Å². The molecule has 1 saturated heterocycles. The van der Waals surface area contributed by atoms with Crippen molar-refractivity contribution in [3.05, 3.63) is 97.1 Å². The number of para-hydroxylation sites is 4. The van der Waals surface area contributed by atoms with Gasteiger partial charge in [-0.2, -0.15) is 0 Å². The summed E-state index contributed by atoms with van der Waals surface area (Å²) in [5.41, 5.74) is 4.91. The number of hydrogen-bond donors (Lipinski definition) is 0. The van der Waals surface area contributed by atoms with Gasteiger partial charge in [0.1, 0.15) is 6.10 Å². The van der Waals surface area contributed by atoms with Crippen LogP contribution in [0.25, 0.3) is 43.6 Å². The van der Waals surface area contributed by atoms with E-state index in [1.165, 1.54) is 43.6 Å². The van der Waals surface area contributed by atoms with Crippen molar-refractivity contribution >= 4 is 43.6 Å². The molecule has 0 radical (unpaired) electrons. The fraction of sp³-hybridized carbons (Fsp3) is 0.273. The first kappa shape index (κ1) is 23.5. The lowest BCUT2D eigenvalue weighted by atomic mass is 10.2. The zero-order valence-electron chi connectivity index (χ0n) is 21.8. The maximum atomic E-state index is 6.72. The van der Waals surface area contributed by atoms with Gasteiger partial charge >= 0.3 is 0 Å². The molecule has 3 heterocycles. The van der Waals surface area contributed by atoms with Gasteiger partial charge < -0.3 is 23.3 Å². The highest BCUT2D eigenvalue weighted by molar-refractivity contribution is 6.08. The molecular formula is C33H32N2O3. The van der Waals surface area contributed by atoms with E-state index in [1.54, 1.807) is 0 Å². The summed E-state index contributed by atoms with van der Waals surface area (Å²) >= 11 is 0. The summed E-state index contributed by atoms with van der Waals surface area (Å²) < 4.78 is 23.5. The Morgan fingerprint density at radius 3 is 1.45 bits per heavy atom. The molecule has 7 rings (SSSR count). The molecule has 0 spiro atoms. The van der Waals surface area contributed by atoms with Crippen molar-refractivity contribution in [2.75, 3.05) is 13.2 Å². The van der Waals surface area contributed by atoms with Crippen molar-refractivity contribution in [3.63, 3.8) is 0 Å². The van der Waals surface area contributed by atoms with Crippen molar-refractivity contribution in [3.8, 4) is 0 Å². The van der Waals surface area contributed by atoms with E-state index in [1.807, 2.05) is 13.8 Å². The molecule has 5 nitrogen and oxygen atoms in total. The average Bonchev–Trinajstić information content (AvgIpc) is 3.57. The third kappa shape index (κ3) is 4.08. The lowest BCUT2D eigenvalue weighted by Gasteiger charge is -2.24. The Kier molecular flexibility index (Phi) is 5.73. The molecule has 0 aliphatic carbocycles. The van der Waals surface area contributed by atoms with Crippen LogP contribution in [0.3, 0.4) is 0 Å². The molecule has 4 aromatic carbocycles. The maximum Gasteiger partial charge on any atom is 0.163 e. The van der Waals surface area contributed by atoms with Crippen LogP contribution in [-0.4, -0.2) is 40.3 Å². The zero-order chi connectivity index (χ0) is 25.7. The number of fused-ring (bicyclic) bond motifs is 6. The molecule has 192 valence electrons. The summed E-state index contributed by atoms with van der Waals surface area (Å²) in [5, 5.41) is 5.09. The highest BCUT2D eigenvalue weighted by atomic mass is 16.7. The molecule has 2 aromatic heterocycles. The molecule has 38 heavy (non-hydrogen) atoms. The third-order valence-corrected chi connectivity index (χ3v) is 7.72. The monoisotopic (exact) mass is 504 g/mol. The van der Waals surface area contributed by atoms with Gasteiger partial charge in [0.05, 0.1) is 32.4 Å². The van der Waals surface area contributed by atoms with Crippen molar-refractivity contribution in [1.29, 1.82) is 0 Å². The van der Waals surface area contributed by atoms with Crippen LogP contribution in [0.15, 0.2) is 97.1 Å². The van der Waals surface area contributed by atoms with Crippen molar-refractivity contribution in [1.82, 2.24) is 9.13 Å². The standard InChI is InChI=1S/C33H32N2O3/c1-33(2)37-22-24(38-33)21-36-23(19-34-29-15-7-3-11-25(29)26-12-4-8-16-30(26)34)20-35-31-17-9-5-13-27(31)28-14-6-10-18-32(28)35/h3-18,23-24H,19-22H2,1-2H3. The molecule has 0 N–H and O–H groups in total. The van der Waals surface area contributed by atoms with Gasteiger partial charge in [0.15, 0.2) is 5.79 Å². The number of aromatic nitrogens is 2. The second kappa shape index (κ2) is 9.28. The van der Waals surface area contributed by atoms with E-state index in [4.69, 9.17) is 14.2 Å². The molecule has 1 aliphatic rings. The Hall–Kier alpha value is -3.64. The van der Waals surface area contributed by atoms with Gasteiger partial charge in [0.25, 0.3) is 0 Å². The topological polar surface area (TPSA) is 37.5 Å². The lowest BCUT2D eigenvalue weighted by molar-refractivity contribution is -0.148. The van der Waals surface area contributed by atoms with Crippen LogP contribution in [0.4, 0.5) is 0 Å². The second-order valence-electron chi connectivity index (χ2n) is 10.7. The van der Waals surface area contributed by atoms with Crippen LogP contribution in [0.1, 0.15) is 13.8 Å². The van der Waals surface area contributed by atoms with Crippen LogP contribution in [-0.2, 0) is 27.3 Å². The van der Waals surface area contributed by atoms with Crippen LogP contribution in [0, 0.1) is 0 Å². The van der Waals surface area contributed by atoms with E-state index >= 15 is 0 Å². The normalized spacial score (nSPS) is 17.5. The minimum absolute atomic E-state index is 0.0798. The molecule has 1 atom stereocenters. The summed E-state index contributed by atoms with van der Waals surface area (Å²) in [5.74, 6) is -0.566. The van der Waals surface area contributed by atoms with E-state index in [9.17, 15) is 0 Å².